The van der Waals surface area contributed by atoms with Crippen molar-refractivity contribution in [3.8, 4) is 0 Å². The van der Waals surface area contributed by atoms with Gasteiger partial charge in [0, 0.05) is 19.6 Å². The summed E-state index contributed by atoms with van der Waals surface area (Å²) in [5.74, 6) is 0. The molecule has 0 aromatic carbocycles. The molecule has 0 aliphatic carbocycles. The first-order chi connectivity index (χ1) is 8.74. The van der Waals surface area contributed by atoms with Crippen LogP contribution in [0.3, 0.4) is 0 Å². The molecule has 0 unspecified atom stereocenters. The van der Waals surface area contributed by atoms with Gasteiger partial charge in [-0.05, 0) is 26.4 Å². The van der Waals surface area contributed by atoms with Crippen molar-refractivity contribution in [2.45, 2.75) is 32.8 Å². The van der Waals surface area contributed by atoms with Gasteiger partial charge in [0.2, 0.25) is 0 Å². The molecule has 0 bridgehead atoms. The molecule has 18 heavy (non-hydrogen) atoms. The molecule has 0 saturated carbocycles. The minimum Gasteiger partial charge on any atom is -0.391 e. The Morgan fingerprint density at radius 1 is 1.28 bits per heavy atom. The Bertz CT molecular complexity index is 380. The number of likely N-dealkylation sites (N-methyl/N-ethyl adjacent to an activating group) is 1. The van der Waals surface area contributed by atoms with Crippen molar-refractivity contribution in [2.75, 3.05) is 38.1 Å². The van der Waals surface area contributed by atoms with Crippen molar-refractivity contribution in [2.24, 2.45) is 0 Å². The molecule has 1 fully saturated rings. The van der Waals surface area contributed by atoms with Gasteiger partial charge in [-0.3, -0.25) is 0 Å². The van der Waals surface area contributed by atoms with Crippen molar-refractivity contribution in [3.63, 3.8) is 0 Å². The second kappa shape index (κ2) is 6.50. The zero-order chi connectivity index (χ0) is 13.0. The van der Waals surface area contributed by atoms with Crippen LogP contribution in [0, 0.1) is 0 Å². The van der Waals surface area contributed by atoms with Gasteiger partial charge >= 0.3 is 0 Å². The molecule has 2 heterocycles. The van der Waals surface area contributed by atoms with Gasteiger partial charge in [0.15, 0.2) is 5.13 Å². The number of thiazole rings is 1. The third-order valence-corrected chi connectivity index (χ3v) is 4.53. The van der Waals surface area contributed by atoms with Crippen molar-refractivity contribution in [3.05, 3.63) is 10.6 Å². The van der Waals surface area contributed by atoms with E-state index in [1.54, 1.807) is 11.3 Å². The van der Waals surface area contributed by atoms with Crippen LogP contribution >= 0.6 is 11.3 Å². The van der Waals surface area contributed by atoms with E-state index in [1.165, 1.54) is 6.42 Å². The first-order valence-corrected chi connectivity index (χ1v) is 7.59. The number of aliphatic hydroxyl groups is 1. The number of anilines is 1. The highest BCUT2D eigenvalue weighted by Crippen LogP contribution is 2.28. The van der Waals surface area contributed by atoms with Crippen molar-refractivity contribution in [1.82, 2.24) is 9.88 Å². The summed E-state index contributed by atoms with van der Waals surface area (Å²) in [6, 6.07) is 0. The van der Waals surface area contributed by atoms with Crippen LogP contribution < -0.4 is 4.90 Å². The fourth-order valence-corrected chi connectivity index (χ4v) is 3.32. The minimum atomic E-state index is 0.126. The standard InChI is InChI=1S/C13H23N3OS/c1-3-5-11-12(10-17)18-13(14-11)16-7-4-6-15(2)8-9-16/h17H,3-10H2,1-2H3. The van der Waals surface area contributed by atoms with Crippen molar-refractivity contribution in [1.29, 1.82) is 0 Å². The Labute approximate surface area is 113 Å². The molecule has 102 valence electrons. The Hall–Kier alpha value is -0.650. The normalized spacial score (nSPS) is 18.1. The Kier molecular flexibility index (Phi) is 4.97. The Morgan fingerprint density at radius 3 is 2.83 bits per heavy atom. The summed E-state index contributed by atoms with van der Waals surface area (Å²) in [5, 5.41) is 10.5. The smallest absolute Gasteiger partial charge is 0.185 e. The molecular weight excluding hydrogens is 246 g/mol. The number of aryl methyl sites for hydroxylation is 1. The molecule has 1 aliphatic rings. The summed E-state index contributed by atoms with van der Waals surface area (Å²) in [5.41, 5.74) is 1.10. The lowest BCUT2D eigenvalue weighted by Gasteiger charge is -2.19. The van der Waals surface area contributed by atoms with Gasteiger partial charge in [-0.15, -0.1) is 0 Å². The van der Waals surface area contributed by atoms with E-state index in [4.69, 9.17) is 4.98 Å². The topological polar surface area (TPSA) is 39.6 Å². The third kappa shape index (κ3) is 3.22. The summed E-state index contributed by atoms with van der Waals surface area (Å²) in [7, 11) is 2.17. The molecule has 0 amide bonds. The molecule has 1 N–H and O–H groups in total. The molecule has 1 aromatic rings. The molecule has 0 atom stereocenters. The van der Waals surface area contributed by atoms with Crippen molar-refractivity contribution < 1.29 is 5.11 Å². The molecule has 2 rings (SSSR count). The Balaban J connectivity index is 2.11. The first-order valence-electron chi connectivity index (χ1n) is 6.77. The van der Waals surface area contributed by atoms with Crippen LogP contribution in [0.5, 0.6) is 0 Å². The fraction of sp³-hybridized carbons (Fsp3) is 0.769. The average molecular weight is 269 g/mol. The Morgan fingerprint density at radius 2 is 2.11 bits per heavy atom. The van der Waals surface area contributed by atoms with E-state index in [0.717, 1.165) is 54.7 Å². The highest BCUT2D eigenvalue weighted by Gasteiger charge is 2.18. The van der Waals surface area contributed by atoms with E-state index < -0.39 is 0 Å². The molecule has 0 spiro atoms. The predicted octanol–water partition coefficient (Wildman–Crippen LogP) is 1.73. The number of hydrogen-bond donors (Lipinski definition) is 1. The van der Waals surface area contributed by atoms with Crippen LogP contribution in [0.25, 0.3) is 0 Å². The maximum Gasteiger partial charge on any atom is 0.185 e. The van der Waals surface area contributed by atoms with Crippen molar-refractivity contribution >= 4 is 16.5 Å². The lowest BCUT2D eigenvalue weighted by atomic mass is 10.2. The minimum absolute atomic E-state index is 0.126. The summed E-state index contributed by atoms with van der Waals surface area (Å²) in [4.78, 5) is 10.5. The zero-order valence-corrected chi connectivity index (χ0v) is 12.2. The van der Waals surface area contributed by atoms with E-state index in [0.29, 0.717) is 0 Å². The van der Waals surface area contributed by atoms with Crippen LogP contribution in [-0.2, 0) is 13.0 Å². The molecule has 1 aromatic heterocycles. The number of rotatable bonds is 4. The average Bonchev–Trinajstić information content (AvgIpc) is 2.64. The lowest BCUT2D eigenvalue weighted by Crippen LogP contribution is -2.28. The molecule has 5 heteroatoms. The van der Waals surface area contributed by atoms with Gasteiger partial charge in [-0.25, -0.2) is 4.98 Å². The highest BCUT2D eigenvalue weighted by atomic mass is 32.1. The van der Waals surface area contributed by atoms with Crippen LogP contribution in [0.4, 0.5) is 5.13 Å². The van der Waals surface area contributed by atoms with Crippen LogP contribution in [0.1, 0.15) is 30.3 Å². The number of aromatic nitrogens is 1. The maximum atomic E-state index is 9.40. The van der Waals surface area contributed by atoms with Gasteiger partial charge in [-0.2, -0.15) is 0 Å². The largest absolute Gasteiger partial charge is 0.391 e. The van der Waals surface area contributed by atoms with Gasteiger partial charge in [0.1, 0.15) is 0 Å². The van der Waals surface area contributed by atoms with E-state index in [2.05, 4.69) is 23.8 Å². The van der Waals surface area contributed by atoms with Gasteiger partial charge in [0.25, 0.3) is 0 Å². The van der Waals surface area contributed by atoms with E-state index in [-0.39, 0.29) is 6.61 Å². The summed E-state index contributed by atoms with van der Waals surface area (Å²) in [6.07, 6.45) is 3.24. The quantitative estimate of drug-likeness (QED) is 0.903. The number of hydrogen-bond acceptors (Lipinski definition) is 5. The fourth-order valence-electron chi connectivity index (χ4n) is 2.30. The second-order valence-electron chi connectivity index (χ2n) is 4.92. The summed E-state index contributed by atoms with van der Waals surface area (Å²) < 4.78 is 0. The molecule has 1 saturated heterocycles. The van der Waals surface area contributed by atoms with Crippen LogP contribution in [0.2, 0.25) is 0 Å². The van der Waals surface area contributed by atoms with Gasteiger partial charge in [0.05, 0.1) is 17.2 Å². The molecule has 4 nitrogen and oxygen atoms in total. The second-order valence-corrected chi connectivity index (χ2v) is 5.98. The van der Waals surface area contributed by atoms with Crippen LogP contribution in [0.15, 0.2) is 0 Å². The monoisotopic (exact) mass is 269 g/mol. The first kappa shape index (κ1) is 13.8. The number of aliphatic hydroxyl groups excluding tert-OH is 1. The third-order valence-electron chi connectivity index (χ3n) is 3.39. The molecule has 1 aliphatic heterocycles. The zero-order valence-electron chi connectivity index (χ0n) is 11.4. The SMILES string of the molecule is CCCc1nc(N2CCCN(C)CC2)sc1CO. The summed E-state index contributed by atoms with van der Waals surface area (Å²) in [6.45, 7) is 6.66. The maximum absolute atomic E-state index is 9.40. The van der Waals surface area contributed by atoms with Crippen LogP contribution in [-0.4, -0.2) is 48.2 Å². The van der Waals surface area contributed by atoms with E-state index >= 15 is 0 Å². The van der Waals surface area contributed by atoms with E-state index in [1.807, 2.05) is 0 Å². The lowest BCUT2D eigenvalue weighted by molar-refractivity contribution is 0.284. The van der Waals surface area contributed by atoms with Gasteiger partial charge < -0.3 is 14.9 Å². The molecular formula is C13H23N3OS. The van der Waals surface area contributed by atoms with Gasteiger partial charge in [-0.1, -0.05) is 24.7 Å². The summed E-state index contributed by atoms with van der Waals surface area (Å²) >= 11 is 1.66. The van der Waals surface area contributed by atoms with E-state index in [9.17, 15) is 5.11 Å². The molecule has 0 radical (unpaired) electrons. The number of nitrogens with zero attached hydrogens (tertiary/aromatic N) is 3. The highest BCUT2D eigenvalue weighted by molar-refractivity contribution is 7.15. The predicted molar refractivity (Wildman–Crippen MR) is 76.4 cm³/mol.